The molecule has 30 heavy (non-hydrogen) atoms. The van der Waals surface area contributed by atoms with Crippen LogP contribution < -0.4 is 10.6 Å². The largest absolute Gasteiger partial charge is 0.452 e. The smallest absolute Gasteiger partial charge is 0.338 e. The Hall–Kier alpha value is -4.00. The van der Waals surface area contributed by atoms with Crippen molar-refractivity contribution >= 4 is 23.5 Å². The first-order chi connectivity index (χ1) is 14.5. The lowest BCUT2D eigenvalue weighted by atomic mass is 10.1. The van der Waals surface area contributed by atoms with Crippen molar-refractivity contribution in [3.63, 3.8) is 0 Å². The zero-order chi connectivity index (χ0) is 21.3. The van der Waals surface area contributed by atoms with Gasteiger partial charge in [0.2, 0.25) is 0 Å². The number of nitrogens with zero attached hydrogens (tertiary/aromatic N) is 1. The van der Waals surface area contributed by atoms with Crippen LogP contribution in [0, 0.1) is 0 Å². The van der Waals surface area contributed by atoms with E-state index in [9.17, 15) is 14.4 Å². The first-order valence-electron chi connectivity index (χ1n) is 9.36. The van der Waals surface area contributed by atoms with E-state index in [0.29, 0.717) is 16.8 Å². The molecule has 0 aliphatic rings. The summed E-state index contributed by atoms with van der Waals surface area (Å²) in [5.41, 5.74) is 1.91. The topological polar surface area (TPSA) is 97.4 Å². The number of hydrogen-bond donors (Lipinski definition) is 2. The summed E-state index contributed by atoms with van der Waals surface area (Å²) in [5, 5.41) is 5.54. The number of aromatic nitrogens is 1. The number of pyridine rings is 1. The molecule has 3 aromatic rings. The molecular weight excluding hydrogens is 382 g/mol. The van der Waals surface area contributed by atoms with Gasteiger partial charge in [-0.15, -0.1) is 0 Å². The van der Waals surface area contributed by atoms with Gasteiger partial charge in [-0.05, 0) is 36.8 Å². The third-order valence-corrected chi connectivity index (χ3v) is 4.34. The molecule has 1 aromatic heterocycles. The van der Waals surface area contributed by atoms with Crippen molar-refractivity contribution in [3.8, 4) is 0 Å². The Labute approximate surface area is 174 Å². The van der Waals surface area contributed by atoms with Crippen LogP contribution in [0.4, 0.5) is 5.69 Å². The standard InChI is InChI=1S/C23H21N3O4/c1-16(17-7-3-2-4-8-17)25-22(28)19-9-5-6-10-20(19)26-21(27)15-30-23(29)18-11-13-24-14-12-18/h2-14,16H,15H2,1H3,(H,25,28)(H,26,27)/t16-/m1/s1. The van der Waals surface area contributed by atoms with Crippen molar-refractivity contribution in [2.75, 3.05) is 11.9 Å². The van der Waals surface area contributed by atoms with Gasteiger partial charge in [0.1, 0.15) is 0 Å². The molecule has 0 spiro atoms. The van der Waals surface area contributed by atoms with Crippen LogP contribution in [0.3, 0.4) is 0 Å². The first kappa shape index (κ1) is 20.7. The van der Waals surface area contributed by atoms with Crippen molar-refractivity contribution in [3.05, 3.63) is 95.8 Å². The zero-order valence-electron chi connectivity index (χ0n) is 16.4. The summed E-state index contributed by atoms with van der Waals surface area (Å²) in [6.45, 7) is 1.41. The first-order valence-corrected chi connectivity index (χ1v) is 9.36. The summed E-state index contributed by atoms with van der Waals surface area (Å²) in [4.78, 5) is 40.7. The second-order valence-corrected chi connectivity index (χ2v) is 6.51. The predicted octanol–water partition coefficient (Wildman–Crippen LogP) is 3.37. The number of rotatable bonds is 7. The molecule has 3 rings (SSSR count). The van der Waals surface area contributed by atoms with Crippen LogP contribution in [-0.4, -0.2) is 29.4 Å². The summed E-state index contributed by atoms with van der Waals surface area (Å²) < 4.78 is 5.01. The number of nitrogens with one attached hydrogen (secondary N) is 2. The third-order valence-electron chi connectivity index (χ3n) is 4.34. The lowest BCUT2D eigenvalue weighted by molar-refractivity contribution is -0.119. The van der Waals surface area contributed by atoms with Gasteiger partial charge < -0.3 is 15.4 Å². The highest BCUT2D eigenvalue weighted by molar-refractivity contribution is 6.04. The molecule has 0 fully saturated rings. The highest BCUT2D eigenvalue weighted by atomic mass is 16.5. The molecule has 0 saturated carbocycles. The van der Waals surface area contributed by atoms with Crippen molar-refractivity contribution in [2.24, 2.45) is 0 Å². The van der Waals surface area contributed by atoms with Crippen molar-refractivity contribution < 1.29 is 19.1 Å². The zero-order valence-corrected chi connectivity index (χ0v) is 16.4. The molecule has 1 heterocycles. The molecule has 0 saturated heterocycles. The van der Waals surface area contributed by atoms with Crippen LogP contribution in [0.2, 0.25) is 0 Å². The number of esters is 1. The van der Waals surface area contributed by atoms with Gasteiger partial charge in [-0.3, -0.25) is 14.6 Å². The normalized spacial score (nSPS) is 11.2. The SMILES string of the molecule is C[C@@H](NC(=O)c1ccccc1NC(=O)COC(=O)c1ccncc1)c1ccccc1. The van der Waals surface area contributed by atoms with Gasteiger partial charge >= 0.3 is 5.97 Å². The molecule has 7 nitrogen and oxygen atoms in total. The fourth-order valence-electron chi connectivity index (χ4n) is 2.78. The Morgan fingerprint density at radius 3 is 2.33 bits per heavy atom. The van der Waals surface area contributed by atoms with Crippen LogP contribution in [-0.2, 0) is 9.53 Å². The average Bonchev–Trinajstić information content (AvgIpc) is 2.79. The maximum absolute atomic E-state index is 12.7. The van der Waals surface area contributed by atoms with E-state index in [4.69, 9.17) is 4.74 Å². The lowest BCUT2D eigenvalue weighted by Gasteiger charge is -2.16. The Morgan fingerprint density at radius 1 is 0.933 bits per heavy atom. The molecule has 2 aromatic carbocycles. The Balaban J connectivity index is 1.61. The maximum atomic E-state index is 12.7. The monoisotopic (exact) mass is 403 g/mol. The Morgan fingerprint density at radius 2 is 1.60 bits per heavy atom. The van der Waals surface area contributed by atoms with Gasteiger partial charge in [-0.2, -0.15) is 0 Å². The fourth-order valence-corrected chi connectivity index (χ4v) is 2.78. The molecule has 2 amide bonds. The molecule has 7 heteroatoms. The minimum Gasteiger partial charge on any atom is -0.452 e. The number of amides is 2. The van der Waals surface area contributed by atoms with Gasteiger partial charge in [-0.1, -0.05) is 42.5 Å². The van der Waals surface area contributed by atoms with E-state index in [-0.39, 0.29) is 11.9 Å². The number of para-hydroxylation sites is 1. The van der Waals surface area contributed by atoms with E-state index in [1.54, 1.807) is 24.3 Å². The summed E-state index contributed by atoms with van der Waals surface area (Å²) in [6.07, 6.45) is 2.92. The highest BCUT2D eigenvalue weighted by Crippen LogP contribution is 2.18. The molecule has 0 radical (unpaired) electrons. The number of benzene rings is 2. The summed E-state index contributed by atoms with van der Waals surface area (Å²) in [6, 6.07) is 19.0. The molecular formula is C23H21N3O4. The lowest BCUT2D eigenvalue weighted by Crippen LogP contribution is -2.28. The van der Waals surface area contributed by atoms with E-state index >= 15 is 0 Å². The van der Waals surface area contributed by atoms with Crippen LogP contribution >= 0.6 is 0 Å². The molecule has 0 aliphatic carbocycles. The van der Waals surface area contributed by atoms with Gasteiger partial charge in [-0.25, -0.2) is 4.79 Å². The Kier molecular flexibility index (Phi) is 6.89. The van der Waals surface area contributed by atoms with Gasteiger partial charge in [0.15, 0.2) is 6.61 Å². The van der Waals surface area contributed by atoms with E-state index in [0.717, 1.165) is 5.56 Å². The molecule has 1 atom stereocenters. The van der Waals surface area contributed by atoms with Crippen molar-refractivity contribution in [1.82, 2.24) is 10.3 Å². The molecule has 0 aliphatic heterocycles. The average molecular weight is 403 g/mol. The van der Waals surface area contributed by atoms with E-state index in [1.165, 1.54) is 24.5 Å². The van der Waals surface area contributed by atoms with Crippen LogP contribution in [0.15, 0.2) is 79.1 Å². The molecule has 152 valence electrons. The molecule has 2 N–H and O–H groups in total. The quantitative estimate of drug-likeness (QED) is 0.590. The molecule has 0 bridgehead atoms. The second kappa shape index (κ2) is 9.97. The van der Waals surface area contributed by atoms with Crippen LogP contribution in [0.1, 0.15) is 39.2 Å². The van der Waals surface area contributed by atoms with E-state index < -0.39 is 18.5 Å². The number of hydrogen-bond acceptors (Lipinski definition) is 5. The second-order valence-electron chi connectivity index (χ2n) is 6.51. The van der Waals surface area contributed by atoms with Crippen molar-refractivity contribution in [2.45, 2.75) is 13.0 Å². The van der Waals surface area contributed by atoms with Crippen molar-refractivity contribution in [1.29, 1.82) is 0 Å². The summed E-state index contributed by atoms with van der Waals surface area (Å²) in [5.74, 6) is -1.50. The minimum atomic E-state index is -0.629. The van der Waals surface area contributed by atoms with Gasteiger partial charge in [0.05, 0.1) is 22.9 Å². The Bertz CT molecular complexity index is 1020. The third kappa shape index (κ3) is 5.51. The van der Waals surface area contributed by atoms with Crippen LogP contribution in [0.5, 0.6) is 0 Å². The number of ether oxygens (including phenoxy) is 1. The highest BCUT2D eigenvalue weighted by Gasteiger charge is 2.17. The maximum Gasteiger partial charge on any atom is 0.338 e. The predicted molar refractivity (Wildman–Crippen MR) is 112 cm³/mol. The number of carbonyl (C=O) groups excluding carboxylic acids is 3. The van der Waals surface area contributed by atoms with Gasteiger partial charge in [0, 0.05) is 12.4 Å². The fraction of sp³-hybridized carbons (Fsp3) is 0.130. The molecule has 0 unspecified atom stereocenters. The summed E-state index contributed by atoms with van der Waals surface area (Å²) >= 11 is 0. The number of anilines is 1. The summed E-state index contributed by atoms with van der Waals surface area (Å²) in [7, 11) is 0. The van der Waals surface area contributed by atoms with Gasteiger partial charge in [0.25, 0.3) is 11.8 Å². The minimum absolute atomic E-state index is 0.205. The number of carbonyl (C=O) groups is 3. The van der Waals surface area contributed by atoms with Crippen LogP contribution in [0.25, 0.3) is 0 Å². The van der Waals surface area contributed by atoms with E-state index in [1.807, 2.05) is 37.3 Å². The van der Waals surface area contributed by atoms with E-state index in [2.05, 4.69) is 15.6 Å².